The number of benzene rings is 2. The topological polar surface area (TPSA) is 60.5 Å². The van der Waals surface area contributed by atoms with Gasteiger partial charge in [0.15, 0.2) is 23.3 Å². The van der Waals surface area contributed by atoms with Crippen molar-refractivity contribution in [2.45, 2.75) is 11.0 Å². The third kappa shape index (κ3) is 5.72. The zero-order valence-corrected chi connectivity index (χ0v) is 19.2. The third-order valence-corrected chi connectivity index (χ3v) is 8.32. The van der Waals surface area contributed by atoms with Crippen LogP contribution in [0.25, 0.3) is 11.3 Å². The highest BCUT2D eigenvalue weighted by atomic mass is 32.2. The summed E-state index contributed by atoms with van der Waals surface area (Å²) >= 11 is 5.21. The minimum Gasteiger partial charge on any atom is -0.494 e. The van der Waals surface area contributed by atoms with Crippen LogP contribution in [-0.2, 0) is 4.79 Å². The molecule has 1 aliphatic heterocycles. The van der Waals surface area contributed by atoms with E-state index in [-0.39, 0.29) is 18.3 Å². The van der Waals surface area contributed by atoms with E-state index in [9.17, 15) is 9.18 Å². The van der Waals surface area contributed by atoms with Crippen molar-refractivity contribution >= 4 is 45.9 Å². The number of thioether (sulfide) groups is 2. The Hall–Kier alpha value is -2.23. The summed E-state index contributed by atoms with van der Waals surface area (Å²) in [5.74, 6) is 2.46. The smallest absolute Gasteiger partial charge is 0.264 e. The van der Waals surface area contributed by atoms with Crippen LogP contribution in [-0.4, -0.2) is 36.1 Å². The molecule has 4 rings (SSSR count). The second-order valence-corrected chi connectivity index (χ2v) is 10.3. The molecule has 1 N–H and O–H groups in total. The Bertz CT molecular complexity index is 1040. The molecule has 0 unspecified atom stereocenters. The average Bonchev–Trinajstić information content (AvgIpc) is 3.27. The van der Waals surface area contributed by atoms with Crippen molar-refractivity contribution in [2.75, 3.05) is 30.5 Å². The molecule has 1 aromatic heterocycles. The Kier molecular flexibility index (Phi) is 7.37. The molecule has 0 radical (unpaired) electrons. The summed E-state index contributed by atoms with van der Waals surface area (Å²) in [6.07, 6.45) is 1.26. The Balaban J connectivity index is 1.30. The molecule has 31 heavy (non-hydrogen) atoms. The maximum absolute atomic E-state index is 13.9. The number of ether oxygens (including phenoxy) is 2. The summed E-state index contributed by atoms with van der Waals surface area (Å²) < 4.78 is 24.9. The molecular formula is C22H21FN2O3S3. The predicted octanol–water partition coefficient (Wildman–Crippen LogP) is 5.84. The number of hydrogen-bond donors (Lipinski definition) is 1. The van der Waals surface area contributed by atoms with Crippen LogP contribution >= 0.6 is 34.9 Å². The second-order valence-electron chi connectivity index (χ2n) is 6.72. The highest BCUT2D eigenvalue weighted by molar-refractivity contribution is 8.16. The average molecular weight is 477 g/mol. The fourth-order valence-corrected chi connectivity index (χ4v) is 6.63. The molecule has 1 aliphatic rings. The van der Waals surface area contributed by atoms with Crippen molar-refractivity contribution in [3.63, 3.8) is 0 Å². The van der Waals surface area contributed by atoms with E-state index in [2.05, 4.69) is 22.4 Å². The summed E-state index contributed by atoms with van der Waals surface area (Å²) in [6.45, 7) is -0.113. The standard InChI is InChI=1S/C22H21FN2O3S3/c1-27-19-8-5-15(11-17(19)23)18-13-31-22(24-18)25-20(26)12-28-16-6-3-14(4-7-16)21-29-9-2-10-30-21/h3-8,11,13,21H,2,9-10,12H2,1H3,(H,24,25,26). The van der Waals surface area contributed by atoms with E-state index in [0.717, 1.165) is 0 Å². The number of aromatic nitrogens is 1. The van der Waals surface area contributed by atoms with E-state index in [4.69, 9.17) is 9.47 Å². The maximum Gasteiger partial charge on any atom is 0.264 e. The summed E-state index contributed by atoms with van der Waals surface area (Å²) in [6, 6.07) is 12.5. The fraction of sp³-hybridized carbons (Fsp3) is 0.273. The molecule has 0 atom stereocenters. The number of nitrogens with one attached hydrogen (secondary N) is 1. The zero-order chi connectivity index (χ0) is 21.6. The van der Waals surface area contributed by atoms with Gasteiger partial charge in [-0.3, -0.25) is 10.1 Å². The van der Waals surface area contributed by atoms with E-state index >= 15 is 0 Å². The number of hydrogen-bond acceptors (Lipinski definition) is 7. The van der Waals surface area contributed by atoms with Crippen LogP contribution in [0.4, 0.5) is 9.52 Å². The number of halogens is 1. The number of nitrogens with zero attached hydrogens (tertiary/aromatic N) is 1. The van der Waals surface area contributed by atoms with Crippen LogP contribution in [0.5, 0.6) is 11.5 Å². The number of methoxy groups -OCH3 is 1. The lowest BCUT2D eigenvalue weighted by molar-refractivity contribution is -0.118. The molecule has 162 valence electrons. The largest absolute Gasteiger partial charge is 0.494 e. The van der Waals surface area contributed by atoms with Gasteiger partial charge in [0.05, 0.1) is 17.4 Å². The number of rotatable bonds is 7. The van der Waals surface area contributed by atoms with Crippen LogP contribution in [0.2, 0.25) is 0 Å². The maximum atomic E-state index is 13.9. The van der Waals surface area contributed by atoms with E-state index in [1.54, 1.807) is 17.5 Å². The lowest BCUT2D eigenvalue weighted by Crippen LogP contribution is -2.20. The number of anilines is 1. The normalized spacial score (nSPS) is 14.3. The van der Waals surface area contributed by atoms with Gasteiger partial charge in [0.1, 0.15) is 5.75 Å². The van der Waals surface area contributed by atoms with Crippen LogP contribution in [0.3, 0.4) is 0 Å². The molecule has 0 spiro atoms. The monoisotopic (exact) mass is 476 g/mol. The first-order valence-electron chi connectivity index (χ1n) is 9.67. The molecule has 1 amide bonds. The van der Waals surface area contributed by atoms with Crippen molar-refractivity contribution < 1.29 is 18.7 Å². The van der Waals surface area contributed by atoms with Gasteiger partial charge in [0, 0.05) is 10.9 Å². The highest BCUT2D eigenvalue weighted by Gasteiger charge is 2.16. The molecule has 9 heteroatoms. The lowest BCUT2D eigenvalue weighted by Gasteiger charge is -2.21. The summed E-state index contributed by atoms with van der Waals surface area (Å²) in [7, 11) is 1.42. The minimum atomic E-state index is -0.460. The number of carbonyl (C=O) groups excluding carboxylic acids is 1. The molecule has 1 fully saturated rings. The molecule has 0 aliphatic carbocycles. The van der Waals surface area contributed by atoms with E-state index in [1.165, 1.54) is 48.0 Å². The van der Waals surface area contributed by atoms with Gasteiger partial charge < -0.3 is 9.47 Å². The Morgan fingerprint density at radius 1 is 1.19 bits per heavy atom. The highest BCUT2D eigenvalue weighted by Crippen LogP contribution is 2.43. The fourth-order valence-electron chi connectivity index (χ4n) is 3.00. The van der Waals surface area contributed by atoms with Gasteiger partial charge >= 0.3 is 0 Å². The van der Waals surface area contributed by atoms with Crippen molar-refractivity contribution in [3.05, 3.63) is 59.2 Å². The lowest BCUT2D eigenvalue weighted by atomic mass is 10.1. The second kappa shape index (κ2) is 10.4. The van der Waals surface area contributed by atoms with Crippen molar-refractivity contribution in [3.8, 4) is 22.8 Å². The van der Waals surface area contributed by atoms with E-state index in [1.807, 2.05) is 35.7 Å². The molecule has 5 nitrogen and oxygen atoms in total. The summed E-state index contributed by atoms with van der Waals surface area (Å²) in [4.78, 5) is 16.6. The Morgan fingerprint density at radius 2 is 1.97 bits per heavy atom. The quantitative estimate of drug-likeness (QED) is 0.462. The Labute approximate surface area is 192 Å². The van der Waals surface area contributed by atoms with Crippen molar-refractivity contribution in [1.82, 2.24) is 4.98 Å². The van der Waals surface area contributed by atoms with Crippen molar-refractivity contribution in [1.29, 1.82) is 0 Å². The van der Waals surface area contributed by atoms with Gasteiger partial charge in [0.25, 0.3) is 5.91 Å². The molecule has 2 aromatic carbocycles. The van der Waals surface area contributed by atoms with E-state index in [0.29, 0.717) is 26.7 Å². The molecule has 0 saturated carbocycles. The molecule has 0 bridgehead atoms. The molecule has 3 aromatic rings. The van der Waals surface area contributed by atoms with Gasteiger partial charge in [-0.05, 0) is 53.8 Å². The molecule has 2 heterocycles. The van der Waals surface area contributed by atoms with Crippen molar-refractivity contribution in [2.24, 2.45) is 0 Å². The zero-order valence-electron chi connectivity index (χ0n) is 16.8. The SMILES string of the molecule is COc1ccc(-c2csc(NC(=O)COc3ccc(C4SCCCS4)cc3)n2)cc1F. The number of carbonyl (C=O) groups is 1. The number of thiazole rings is 1. The van der Waals surface area contributed by atoms with Gasteiger partial charge in [-0.25, -0.2) is 9.37 Å². The van der Waals surface area contributed by atoms with Crippen LogP contribution in [0, 0.1) is 5.82 Å². The molecule has 1 saturated heterocycles. The first-order valence-corrected chi connectivity index (χ1v) is 12.7. The van der Waals surface area contributed by atoms with Crippen LogP contribution < -0.4 is 14.8 Å². The van der Waals surface area contributed by atoms with Gasteiger partial charge in [-0.15, -0.1) is 34.9 Å². The van der Waals surface area contributed by atoms with Crippen LogP contribution in [0.1, 0.15) is 16.6 Å². The minimum absolute atomic E-state index is 0.113. The summed E-state index contributed by atoms with van der Waals surface area (Å²) in [5, 5.41) is 4.91. The first-order chi connectivity index (χ1) is 15.1. The van der Waals surface area contributed by atoms with Crippen LogP contribution in [0.15, 0.2) is 47.8 Å². The number of amides is 1. The molecular weight excluding hydrogens is 455 g/mol. The van der Waals surface area contributed by atoms with Gasteiger partial charge in [0.2, 0.25) is 0 Å². The van der Waals surface area contributed by atoms with Gasteiger partial charge in [-0.2, -0.15) is 0 Å². The third-order valence-electron chi connectivity index (χ3n) is 4.55. The Morgan fingerprint density at radius 3 is 2.68 bits per heavy atom. The van der Waals surface area contributed by atoms with E-state index < -0.39 is 5.82 Å². The summed E-state index contributed by atoms with van der Waals surface area (Å²) in [5.41, 5.74) is 2.47. The van der Waals surface area contributed by atoms with Gasteiger partial charge in [-0.1, -0.05) is 12.1 Å². The first kappa shape index (κ1) is 22.0. The predicted molar refractivity (Wildman–Crippen MR) is 127 cm³/mol.